The van der Waals surface area contributed by atoms with Crippen LogP contribution in [0.2, 0.25) is 0 Å². The molecular formula is C37H36N4O7S. The van der Waals surface area contributed by atoms with E-state index in [4.69, 9.17) is 14.0 Å². The van der Waals surface area contributed by atoms with Crippen LogP contribution >= 0.6 is 0 Å². The number of carbonyl (C=O) groups is 2. The molecule has 252 valence electrons. The molecule has 0 bridgehead atoms. The van der Waals surface area contributed by atoms with Crippen molar-refractivity contribution in [2.75, 3.05) is 30.0 Å². The molecule has 5 aromatic rings. The van der Waals surface area contributed by atoms with Crippen LogP contribution in [0.15, 0.2) is 102 Å². The number of hydrogen-bond donors (Lipinski definition) is 2. The molecule has 0 fully saturated rings. The topological polar surface area (TPSA) is 140 Å². The molecule has 0 saturated heterocycles. The minimum atomic E-state index is -4.32. The average Bonchev–Trinajstić information content (AvgIpc) is 3.55. The van der Waals surface area contributed by atoms with Crippen molar-refractivity contribution in [2.24, 2.45) is 0 Å². The summed E-state index contributed by atoms with van der Waals surface area (Å²) >= 11 is 0. The van der Waals surface area contributed by atoms with Crippen LogP contribution in [0.5, 0.6) is 11.5 Å². The summed E-state index contributed by atoms with van der Waals surface area (Å²) in [5.74, 6) is 1.12. The Hall–Kier alpha value is -5.46. The van der Waals surface area contributed by atoms with Crippen LogP contribution in [0, 0.1) is 13.8 Å². The zero-order valence-electron chi connectivity index (χ0n) is 27.1. The fourth-order valence-electron chi connectivity index (χ4n) is 5.66. The second-order valence-electron chi connectivity index (χ2n) is 11.8. The molecule has 0 saturated carbocycles. The number of carbonyl (C=O) groups excluding carboxylic acids is 2. The summed E-state index contributed by atoms with van der Waals surface area (Å²) in [6, 6.07) is 24.1. The van der Waals surface area contributed by atoms with Crippen molar-refractivity contribution in [3.05, 3.63) is 120 Å². The summed E-state index contributed by atoms with van der Waals surface area (Å²) in [4.78, 5) is 27.7. The van der Waals surface area contributed by atoms with E-state index >= 15 is 0 Å². The third-order valence-corrected chi connectivity index (χ3v) is 9.25. The van der Waals surface area contributed by atoms with Crippen molar-refractivity contribution in [3.63, 3.8) is 0 Å². The number of rotatable bonds is 11. The van der Waals surface area contributed by atoms with Gasteiger partial charge >= 0.3 is 0 Å². The van der Waals surface area contributed by atoms with Crippen LogP contribution in [-0.2, 0) is 21.5 Å². The van der Waals surface area contributed by atoms with Gasteiger partial charge < -0.3 is 19.7 Å². The highest BCUT2D eigenvalue weighted by molar-refractivity contribution is 7.85. The molecule has 1 aromatic heterocycles. The van der Waals surface area contributed by atoms with Crippen LogP contribution in [0.1, 0.15) is 39.9 Å². The van der Waals surface area contributed by atoms with Gasteiger partial charge in [-0.15, -0.1) is 0 Å². The first-order valence-electron chi connectivity index (χ1n) is 15.8. The number of aryl methyl sites for hydroxylation is 1. The number of nitrogens with one attached hydrogen (secondary N) is 1. The van der Waals surface area contributed by atoms with Crippen LogP contribution < -0.4 is 19.7 Å². The second-order valence-corrected chi connectivity index (χ2v) is 13.2. The molecule has 0 atom stereocenters. The van der Waals surface area contributed by atoms with E-state index in [0.29, 0.717) is 56.1 Å². The van der Waals surface area contributed by atoms with Gasteiger partial charge in [0.05, 0.1) is 36.5 Å². The van der Waals surface area contributed by atoms with Gasteiger partial charge in [0, 0.05) is 35.0 Å². The summed E-state index contributed by atoms with van der Waals surface area (Å²) < 4.78 is 45.6. The Morgan fingerprint density at radius 3 is 2.57 bits per heavy atom. The minimum Gasteiger partial charge on any atom is -0.493 e. The normalized spacial score (nSPS) is 12.6. The Morgan fingerprint density at radius 2 is 1.78 bits per heavy atom. The molecule has 11 nitrogen and oxygen atoms in total. The molecule has 2 N–H and O–H groups in total. The van der Waals surface area contributed by atoms with E-state index in [9.17, 15) is 18.0 Å². The van der Waals surface area contributed by atoms with Gasteiger partial charge in [-0.2, -0.15) is 13.5 Å². The summed E-state index contributed by atoms with van der Waals surface area (Å²) in [6.07, 6.45) is 4.59. The molecule has 1 aliphatic rings. The second kappa shape index (κ2) is 14.3. The van der Waals surface area contributed by atoms with Crippen LogP contribution in [0.25, 0.3) is 11.1 Å². The van der Waals surface area contributed by atoms with Crippen molar-refractivity contribution >= 4 is 33.3 Å². The van der Waals surface area contributed by atoms with E-state index < -0.39 is 10.1 Å². The third kappa shape index (κ3) is 7.82. The molecule has 0 spiro atoms. The number of amides is 2. The van der Waals surface area contributed by atoms with Crippen molar-refractivity contribution in [3.8, 4) is 22.6 Å². The van der Waals surface area contributed by atoms with E-state index in [1.165, 1.54) is 29.8 Å². The van der Waals surface area contributed by atoms with Crippen LogP contribution in [-0.4, -0.2) is 54.3 Å². The zero-order valence-corrected chi connectivity index (χ0v) is 27.9. The Labute approximate surface area is 284 Å². The van der Waals surface area contributed by atoms with Crippen molar-refractivity contribution < 1.29 is 32.0 Å². The molecule has 4 aromatic carbocycles. The van der Waals surface area contributed by atoms with E-state index in [1.54, 1.807) is 34.0 Å². The number of para-hydroxylation sites is 1. The molecule has 0 radical (unpaired) electrons. The summed E-state index contributed by atoms with van der Waals surface area (Å²) in [5.41, 5.74) is 6.29. The molecule has 0 aliphatic carbocycles. The Bertz CT molecular complexity index is 2110. The largest absolute Gasteiger partial charge is 0.493 e. The fourth-order valence-corrected chi connectivity index (χ4v) is 6.14. The molecule has 12 heteroatoms. The highest BCUT2D eigenvalue weighted by Crippen LogP contribution is 2.41. The van der Waals surface area contributed by atoms with Gasteiger partial charge in [0.25, 0.3) is 16.0 Å². The number of fused-ring (bicyclic) bond motifs is 1. The molecule has 49 heavy (non-hydrogen) atoms. The zero-order chi connectivity index (χ0) is 34.5. The number of hydrogen-bond acceptors (Lipinski definition) is 7. The summed E-state index contributed by atoms with van der Waals surface area (Å²) in [7, 11) is -4.32. The van der Waals surface area contributed by atoms with Crippen LogP contribution in [0.4, 0.5) is 11.4 Å². The number of nitrogens with zero attached hydrogens (tertiary/aromatic N) is 3. The van der Waals surface area contributed by atoms with Gasteiger partial charge in [-0.25, -0.2) is 0 Å². The molecule has 2 heterocycles. The number of benzene rings is 4. The highest BCUT2D eigenvalue weighted by atomic mass is 32.2. The lowest BCUT2D eigenvalue weighted by atomic mass is 10.1. The van der Waals surface area contributed by atoms with Gasteiger partial charge in [-0.05, 0) is 85.5 Å². The lowest BCUT2D eigenvalue weighted by Crippen LogP contribution is -2.38. The monoisotopic (exact) mass is 680 g/mol. The number of anilines is 2. The van der Waals surface area contributed by atoms with E-state index in [2.05, 4.69) is 10.4 Å². The maximum Gasteiger partial charge on any atom is 0.294 e. The first-order chi connectivity index (χ1) is 23.6. The predicted octanol–water partition coefficient (Wildman–Crippen LogP) is 6.30. The van der Waals surface area contributed by atoms with E-state index in [0.717, 1.165) is 33.7 Å². The summed E-state index contributed by atoms with van der Waals surface area (Å²) in [5, 5.41) is 7.28. The van der Waals surface area contributed by atoms with Gasteiger partial charge in [0.15, 0.2) is 5.75 Å². The Balaban J connectivity index is 1.09. The smallest absolute Gasteiger partial charge is 0.294 e. The lowest BCUT2D eigenvalue weighted by molar-refractivity contribution is -0.119. The van der Waals surface area contributed by atoms with Crippen molar-refractivity contribution in [1.82, 2.24) is 9.78 Å². The van der Waals surface area contributed by atoms with Gasteiger partial charge in [-0.3, -0.25) is 18.8 Å². The quantitative estimate of drug-likeness (QED) is 0.122. The van der Waals surface area contributed by atoms with Gasteiger partial charge in [-0.1, -0.05) is 36.4 Å². The molecular weight excluding hydrogens is 644 g/mol. The molecule has 1 aliphatic heterocycles. The minimum absolute atomic E-state index is 0.0148. The first kappa shape index (κ1) is 33.4. The average molecular weight is 681 g/mol. The third-order valence-electron chi connectivity index (χ3n) is 8.38. The number of ether oxygens (including phenoxy) is 2. The first-order valence-corrected chi connectivity index (χ1v) is 17.3. The van der Waals surface area contributed by atoms with E-state index in [-0.39, 0.29) is 16.7 Å². The van der Waals surface area contributed by atoms with Gasteiger partial charge in [0.2, 0.25) is 5.91 Å². The molecule has 0 unspecified atom stereocenters. The standard InChI is InChI=1S/C37H36N4O7S/c1-25-7-3-12-34(26(25)2)47-19-6-13-35(42)41-18-20-48-36-32(10-5-11-33(36)41)29-22-38-40(24-29)23-27-8-4-9-28(21-27)37(43)39-30-14-16-31(17-15-30)49(44,45)46/h3-5,7-12,14-17,21-22,24H,6,13,18-20,23H2,1-2H3,(H,39,43)(H,44,45,46). The van der Waals surface area contributed by atoms with E-state index in [1.807, 2.05) is 62.5 Å². The molecule has 6 rings (SSSR count). The maximum atomic E-state index is 13.3. The Kier molecular flexibility index (Phi) is 9.79. The van der Waals surface area contributed by atoms with Gasteiger partial charge in [0.1, 0.15) is 12.4 Å². The van der Waals surface area contributed by atoms with Crippen molar-refractivity contribution in [2.45, 2.75) is 38.1 Å². The predicted molar refractivity (Wildman–Crippen MR) is 186 cm³/mol. The SMILES string of the molecule is Cc1cccc(OCCCC(=O)N2CCOc3c(-c4cnn(Cc5cccc(C(=O)Nc6ccc(S(=O)(=O)O)cc6)c5)c4)cccc32)c1C. The highest BCUT2D eigenvalue weighted by Gasteiger charge is 2.26. The van der Waals surface area contributed by atoms with Crippen molar-refractivity contribution in [1.29, 1.82) is 0 Å². The summed E-state index contributed by atoms with van der Waals surface area (Å²) in [6.45, 7) is 5.77. The lowest BCUT2D eigenvalue weighted by Gasteiger charge is -2.31. The Morgan fingerprint density at radius 1 is 1.00 bits per heavy atom. The fraction of sp³-hybridized carbons (Fsp3) is 0.216. The molecule has 2 amide bonds. The van der Waals surface area contributed by atoms with Crippen LogP contribution in [0.3, 0.4) is 0 Å². The number of aromatic nitrogens is 2. The maximum absolute atomic E-state index is 13.3.